The van der Waals surface area contributed by atoms with Crippen molar-refractivity contribution in [2.75, 3.05) is 26.2 Å². The predicted octanol–water partition coefficient (Wildman–Crippen LogP) is 3.66. The van der Waals surface area contributed by atoms with Gasteiger partial charge >= 0.3 is 11.9 Å². The Bertz CT molecular complexity index is 1030. The van der Waals surface area contributed by atoms with E-state index in [2.05, 4.69) is 0 Å². The Morgan fingerprint density at radius 3 is 2.13 bits per heavy atom. The van der Waals surface area contributed by atoms with E-state index in [1.807, 2.05) is 4.90 Å². The highest BCUT2D eigenvalue weighted by atomic mass is 32.2. The molecule has 0 spiro atoms. The van der Waals surface area contributed by atoms with Crippen LogP contribution in [0.4, 0.5) is 22.0 Å². The number of hydrogen-bond donors (Lipinski definition) is 0. The van der Waals surface area contributed by atoms with E-state index in [0.29, 0.717) is 38.3 Å². The minimum Gasteiger partial charge on any atom is -0.336 e. The number of piperazine rings is 1. The summed E-state index contributed by atoms with van der Waals surface area (Å²) >= 11 is 0. The van der Waals surface area contributed by atoms with Crippen LogP contribution in [0, 0.1) is 0 Å². The lowest BCUT2D eigenvalue weighted by atomic mass is 10.1. The summed E-state index contributed by atoms with van der Waals surface area (Å²) in [5, 5.41) is 0. The molecule has 168 valence electrons. The molecule has 1 amide bonds. The van der Waals surface area contributed by atoms with Gasteiger partial charge in [0.1, 0.15) is 0 Å². The second-order valence-corrected chi connectivity index (χ2v) is 9.01. The van der Waals surface area contributed by atoms with Crippen molar-refractivity contribution in [1.29, 1.82) is 0 Å². The molecule has 1 saturated heterocycles. The minimum atomic E-state index is -4.64. The minimum absolute atomic E-state index is 0.0286. The average Bonchev–Trinajstić information content (AvgIpc) is 2.73. The maximum Gasteiger partial charge on any atom is 0.416 e. The lowest BCUT2D eigenvalue weighted by Gasteiger charge is -2.35. The average molecular weight is 462 g/mol. The van der Waals surface area contributed by atoms with Crippen molar-refractivity contribution < 1.29 is 35.2 Å². The topological polar surface area (TPSA) is 57.7 Å². The summed E-state index contributed by atoms with van der Waals surface area (Å²) in [6.45, 7) is 1.96. The van der Waals surface area contributed by atoms with Crippen molar-refractivity contribution >= 4 is 15.7 Å². The van der Waals surface area contributed by atoms with E-state index in [4.69, 9.17) is 0 Å². The molecule has 0 unspecified atom stereocenters. The van der Waals surface area contributed by atoms with Gasteiger partial charge in [-0.05, 0) is 35.9 Å². The summed E-state index contributed by atoms with van der Waals surface area (Å²) in [7, 11) is -4.64. The normalized spacial score (nSPS) is 16.0. The molecule has 3 rings (SSSR count). The van der Waals surface area contributed by atoms with Gasteiger partial charge in [-0.25, -0.2) is 8.42 Å². The summed E-state index contributed by atoms with van der Waals surface area (Å²) in [5.74, 6) is -3.96. The van der Waals surface area contributed by atoms with Gasteiger partial charge in [0.05, 0.1) is 10.5 Å². The molecule has 0 aliphatic carbocycles. The third kappa shape index (κ3) is 5.40. The van der Waals surface area contributed by atoms with Gasteiger partial charge in [0.2, 0.25) is 9.84 Å². The van der Waals surface area contributed by atoms with E-state index in [0.717, 1.165) is 24.3 Å². The molecule has 0 radical (unpaired) electrons. The highest BCUT2D eigenvalue weighted by molar-refractivity contribution is 7.91. The Morgan fingerprint density at radius 1 is 0.968 bits per heavy atom. The van der Waals surface area contributed by atoms with Crippen LogP contribution >= 0.6 is 0 Å². The van der Waals surface area contributed by atoms with Gasteiger partial charge in [-0.2, -0.15) is 22.0 Å². The Kier molecular flexibility index (Phi) is 6.65. The zero-order valence-corrected chi connectivity index (χ0v) is 17.0. The number of halogens is 5. The fourth-order valence-electron chi connectivity index (χ4n) is 3.27. The maximum absolute atomic E-state index is 12.9. The standard InChI is InChI=1S/C20H19F5N2O3S/c21-19(22)31(29,30)17-6-4-14(5-7-17)13-26-8-10-27(11-9-26)18(28)15-2-1-3-16(12-15)20(23,24)25/h1-7,12,19H,8-11,13H2. The first-order valence-electron chi connectivity index (χ1n) is 9.28. The zero-order chi connectivity index (χ0) is 22.8. The first-order valence-corrected chi connectivity index (χ1v) is 10.8. The Labute approximate surface area is 176 Å². The first kappa shape index (κ1) is 23.1. The van der Waals surface area contributed by atoms with Crippen LogP contribution in [-0.2, 0) is 22.6 Å². The van der Waals surface area contributed by atoms with Crippen molar-refractivity contribution in [1.82, 2.24) is 9.80 Å². The van der Waals surface area contributed by atoms with Gasteiger partial charge in [0, 0.05) is 38.3 Å². The summed E-state index contributed by atoms with van der Waals surface area (Å²) in [5.41, 5.74) is -0.195. The number of carbonyl (C=O) groups is 1. The largest absolute Gasteiger partial charge is 0.416 e. The van der Waals surface area contributed by atoms with Crippen LogP contribution in [0.25, 0.3) is 0 Å². The summed E-state index contributed by atoms with van der Waals surface area (Å²) < 4.78 is 86.7. The molecule has 0 bridgehead atoms. The third-order valence-corrected chi connectivity index (χ3v) is 6.39. The van der Waals surface area contributed by atoms with Gasteiger partial charge in [0.15, 0.2) is 0 Å². The fourth-order valence-corrected chi connectivity index (χ4v) is 3.99. The van der Waals surface area contributed by atoms with Crippen LogP contribution in [0.1, 0.15) is 21.5 Å². The quantitative estimate of drug-likeness (QED) is 0.637. The molecule has 1 heterocycles. The zero-order valence-electron chi connectivity index (χ0n) is 16.1. The Balaban J connectivity index is 1.58. The maximum atomic E-state index is 12.9. The van der Waals surface area contributed by atoms with Gasteiger partial charge in [-0.3, -0.25) is 9.69 Å². The number of hydrogen-bond acceptors (Lipinski definition) is 4. The number of nitrogens with zero attached hydrogens (tertiary/aromatic N) is 2. The molecule has 1 aliphatic heterocycles. The lowest BCUT2D eigenvalue weighted by molar-refractivity contribution is -0.137. The summed E-state index contributed by atoms with van der Waals surface area (Å²) in [6, 6.07) is 9.46. The van der Waals surface area contributed by atoms with E-state index in [-0.39, 0.29) is 5.56 Å². The number of rotatable bonds is 5. The molecular weight excluding hydrogens is 443 g/mol. The van der Waals surface area contributed by atoms with E-state index in [1.54, 1.807) is 0 Å². The van der Waals surface area contributed by atoms with E-state index in [1.165, 1.54) is 29.2 Å². The molecule has 1 aliphatic rings. The van der Waals surface area contributed by atoms with Gasteiger partial charge < -0.3 is 4.90 Å². The van der Waals surface area contributed by atoms with Crippen LogP contribution in [0.15, 0.2) is 53.4 Å². The van der Waals surface area contributed by atoms with Crippen molar-refractivity contribution in [2.45, 2.75) is 23.4 Å². The summed E-state index contributed by atoms with van der Waals surface area (Å²) in [6.07, 6.45) is -4.53. The molecule has 0 aromatic heterocycles. The van der Waals surface area contributed by atoms with E-state index < -0.39 is 38.1 Å². The van der Waals surface area contributed by atoms with Crippen molar-refractivity contribution in [2.24, 2.45) is 0 Å². The SMILES string of the molecule is O=C(c1cccc(C(F)(F)F)c1)N1CCN(Cc2ccc(S(=O)(=O)C(F)F)cc2)CC1. The molecule has 5 nitrogen and oxygen atoms in total. The number of alkyl halides is 5. The number of amides is 1. The highest BCUT2D eigenvalue weighted by Crippen LogP contribution is 2.30. The molecule has 0 saturated carbocycles. The van der Waals surface area contributed by atoms with Crippen molar-refractivity contribution in [3.63, 3.8) is 0 Å². The van der Waals surface area contributed by atoms with Crippen LogP contribution < -0.4 is 0 Å². The monoisotopic (exact) mass is 462 g/mol. The van der Waals surface area contributed by atoms with Gasteiger partial charge in [-0.15, -0.1) is 0 Å². The number of carbonyl (C=O) groups excluding carboxylic acids is 1. The summed E-state index contributed by atoms with van der Waals surface area (Å²) in [4.78, 5) is 15.6. The van der Waals surface area contributed by atoms with Gasteiger partial charge in [0.25, 0.3) is 5.91 Å². The fraction of sp³-hybridized carbons (Fsp3) is 0.350. The molecule has 2 aromatic rings. The molecule has 11 heteroatoms. The molecule has 31 heavy (non-hydrogen) atoms. The highest BCUT2D eigenvalue weighted by Gasteiger charge is 2.32. The Morgan fingerprint density at radius 2 is 1.58 bits per heavy atom. The third-order valence-electron chi connectivity index (χ3n) is 4.99. The molecule has 1 fully saturated rings. The predicted molar refractivity (Wildman–Crippen MR) is 102 cm³/mol. The van der Waals surface area contributed by atoms with E-state index in [9.17, 15) is 35.2 Å². The molecule has 2 aromatic carbocycles. The number of sulfone groups is 1. The van der Waals surface area contributed by atoms with Crippen molar-refractivity contribution in [3.8, 4) is 0 Å². The molecule has 0 N–H and O–H groups in total. The van der Waals surface area contributed by atoms with E-state index >= 15 is 0 Å². The van der Waals surface area contributed by atoms with Crippen molar-refractivity contribution in [3.05, 3.63) is 65.2 Å². The number of benzene rings is 2. The van der Waals surface area contributed by atoms with Crippen LogP contribution in [0.2, 0.25) is 0 Å². The molecule has 0 atom stereocenters. The second kappa shape index (κ2) is 8.91. The second-order valence-electron chi connectivity index (χ2n) is 7.10. The lowest BCUT2D eigenvalue weighted by Crippen LogP contribution is -2.48. The smallest absolute Gasteiger partial charge is 0.336 e. The Hall–Kier alpha value is -2.53. The first-order chi connectivity index (χ1) is 14.5. The van der Waals surface area contributed by atoms with Crippen LogP contribution in [-0.4, -0.2) is 56.1 Å². The van der Waals surface area contributed by atoms with Gasteiger partial charge in [-0.1, -0.05) is 18.2 Å². The van der Waals surface area contributed by atoms with Crippen LogP contribution in [0.3, 0.4) is 0 Å². The molecular formula is C20H19F5N2O3S. The van der Waals surface area contributed by atoms with Crippen LogP contribution in [0.5, 0.6) is 0 Å².